The molecule has 3 fully saturated rings. The van der Waals surface area contributed by atoms with Gasteiger partial charge in [-0.05, 0) is 74.0 Å². The molecule has 1 unspecified atom stereocenters. The Morgan fingerprint density at radius 1 is 1.10 bits per heavy atom. The van der Waals surface area contributed by atoms with Gasteiger partial charge in [0.2, 0.25) is 0 Å². The Hall–Kier alpha value is -1.31. The number of benzene rings is 1. The normalized spacial score (nSPS) is 37.0. The first kappa shape index (κ1) is 13.4. The van der Waals surface area contributed by atoms with Gasteiger partial charge in [-0.15, -0.1) is 0 Å². The molecule has 0 aliphatic heterocycles. The molecule has 1 aromatic rings. The minimum Gasteiger partial charge on any atom is -0.497 e. The maximum atomic E-state index is 12.7. The number of rotatable bonds is 4. The summed E-state index contributed by atoms with van der Waals surface area (Å²) in [6.45, 7) is 0. The molecule has 0 radical (unpaired) electrons. The minimum atomic E-state index is 0.338. The number of hydrogen-bond donors (Lipinski definition) is 0. The summed E-state index contributed by atoms with van der Waals surface area (Å²) < 4.78 is 5.19. The van der Waals surface area contributed by atoms with Gasteiger partial charge in [0, 0.05) is 11.8 Å². The summed E-state index contributed by atoms with van der Waals surface area (Å²) in [4.78, 5) is 12.7. The lowest BCUT2D eigenvalue weighted by atomic mass is 9.81. The van der Waals surface area contributed by atoms with Crippen molar-refractivity contribution < 1.29 is 9.53 Å². The summed E-state index contributed by atoms with van der Waals surface area (Å²) in [5.41, 5.74) is 1.32. The van der Waals surface area contributed by atoms with E-state index in [0.717, 1.165) is 36.3 Å². The second kappa shape index (κ2) is 5.15. The Bertz CT molecular complexity index is 533. The third kappa shape index (κ3) is 2.20. The monoisotopic (exact) mass is 284 g/mol. The van der Waals surface area contributed by atoms with Gasteiger partial charge >= 0.3 is 0 Å². The standard InChI is InChI=1S/C19H24O2/c1-21-16-8-3-12(4-9-16)2-5-15-11-17-13-6-7-14(10-13)18(17)19(15)20/h3-4,8-9,13-15,17-18H,2,5-7,10-11H2,1H3/t13-,14+,15?,17+,18-/m1/s1. The smallest absolute Gasteiger partial charge is 0.139 e. The fourth-order valence-corrected chi connectivity index (χ4v) is 5.30. The topological polar surface area (TPSA) is 26.3 Å². The van der Waals surface area contributed by atoms with Crippen LogP contribution < -0.4 is 4.74 Å². The molecule has 1 aromatic carbocycles. The molecule has 3 aliphatic carbocycles. The molecular weight excluding hydrogens is 260 g/mol. The van der Waals surface area contributed by atoms with Crippen LogP contribution in [0.5, 0.6) is 5.75 Å². The number of fused-ring (bicyclic) bond motifs is 5. The fraction of sp³-hybridized carbons (Fsp3) is 0.632. The lowest BCUT2D eigenvalue weighted by Crippen LogP contribution is -2.23. The average Bonchev–Trinajstić information content (AvgIpc) is 3.19. The van der Waals surface area contributed by atoms with E-state index in [1.54, 1.807) is 7.11 Å². The summed E-state index contributed by atoms with van der Waals surface area (Å²) >= 11 is 0. The van der Waals surface area contributed by atoms with Crippen molar-refractivity contribution in [1.29, 1.82) is 0 Å². The van der Waals surface area contributed by atoms with Crippen LogP contribution in [-0.2, 0) is 11.2 Å². The Morgan fingerprint density at radius 2 is 1.86 bits per heavy atom. The number of ether oxygens (including phenoxy) is 1. The Balaban J connectivity index is 1.38. The molecule has 2 heteroatoms. The van der Waals surface area contributed by atoms with Crippen LogP contribution in [0.25, 0.3) is 0 Å². The predicted molar refractivity (Wildman–Crippen MR) is 82.2 cm³/mol. The highest BCUT2D eigenvalue weighted by Gasteiger charge is 2.56. The van der Waals surface area contributed by atoms with E-state index in [0.29, 0.717) is 17.6 Å². The van der Waals surface area contributed by atoms with Crippen LogP contribution in [0.4, 0.5) is 0 Å². The number of hydrogen-bond acceptors (Lipinski definition) is 2. The molecule has 112 valence electrons. The van der Waals surface area contributed by atoms with Crippen LogP contribution in [0.2, 0.25) is 0 Å². The lowest BCUT2D eigenvalue weighted by molar-refractivity contribution is -0.125. The highest BCUT2D eigenvalue weighted by atomic mass is 16.5. The number of Topliss-reactive ketones (excluding diaryl/α,β-unsaturated/α-hetero) is 1. The molecule has 2 nitrogen and oxygen atoms in total. The molecule has 0 spiro atoms. The van der Waals surface area contributed by atoms with Crippen molar-refractivity contribution in [3.63, 3.8) is 0 Å². The van der Waals surface area contributed by atoms with Gasteiger partial charge in [-0.1, -0.05) is 12.1 Å². The summed E-state index contributed by atoms with van der Waals surface area (Å²) in [7, 11) is 1.69. The fourth-order valence-electron chi connectivity index (χ4n) is 5.30. The molecule has 2 bridgehead atoms. The van der Waals surface area contributed by atoms with Crippen molar-refractivity contribution in [2.24, 2.45) is 29.6 Å². The van der Waals surface area contributed by atoms with Crippen LogP contribution in [0.1, 0.15) is 37.7 Å². The molecule has 0 heterocycles. The Labute approximate surface area is 126 Å². The van der Waals surface area contributed by atoms with Crippen LogP contribution in [-0.4, -0.2) is 12.9 Å². The van der Waals surface area contributed by atoms with Crippen LogP contribution in [0.3, 0.4) is 0 Å². The zero-order valence-electron chi connectivity index (χ0n) is 12.8. The first-order valence-electron chi connectivity index (χ1n) is 8.43. The molecule has 4 rings (SSSR count). The Morgan fingerprint density at radius 3 is 2.57 bits per heavy atom. The van der Waals surface area contributed by atoms with E-state index < -0.39 is 0 Å². The number of methoxy groups -OCH3 is 1. The van der Waals surface area contributed by atoms with Gasteiger partial charge in [-0.2, -0.15) is 0 Å². The maximum absolute atomic E-state index is 12.7. The number of carbonyl (C=O) groups excluding carboxylic acids is 1. The van der Waals surface area contributed by atoms with E-state index in [9.17, 15) is 4.79 Å². The zero-order chi connectivity index (χ0) is 14.4. The summed E-state index contributed by atoms with van der Waals surface area (Å²) in [6, 6.07) is 8.28. The highest BCUT2D eigenvalue weighted by Crippen LogP contribution is 2.59. The highest BCUT2D eigenvalue weighted by molar-refractivity contribution is 5.86. The molecule has 0 saturated heterocycles. The van der Waals surface area contributed by atoms with Crippen molar-refractivity contribution in [3.05, 3.63) is 29.8 Å². The quantitative estimate of drug-likeness (QED) is 0.838. The van der Waals surface area contributed by atoms with E-state index in [-0.39, 0.29) is 0 Å². The molecule has 3 saturated carbocycles. The van der Waals surface area contributed by atoms with E-state index in [1.165, 1.54) is 31.2 Å². The summed E-state index contributed by atoms with van der Waals surface area (Å²) in [5, 5.41) is 0. The van der Waals surface area contributed by atoms with E-state index >= 15 is 0 Å². The Kier molecular flexibility index (Phi) is 3.28. The van der Waals surface area contributed by atoms with Crippen molar-refractivity contribution in [2.75, 3.05) is 7.11 Å². The van der Waals surface area contributed by atoms with Gasteiger partial charge in [0.1, 0.15) is 11.5 Å². The SMILES string of the molecule is COc1ccc(CCC2C[C@H]3[C@@H]4CC[C@@H](C4)[C@H]3C2=O)cc1. The van der Waals surface area contributed by atoms with Crippen molar-refractivity contribution >= 4 is 5.78 Å². The molecule has 5 atom stereocenters. The third-order valence-electron chi connectivity index (χ3n) is 6.32. The van der Waals surface area contributed by atoms with Gasteiger partial charge in [0.05, 0.1) is 7.11 Å². The van der Waals surface area contributed by atoms with Gasteiger partial charge in [-0.3, -0.25) is 4.79 Å². The van der Waals surface area contributed by atoms with E-state index in [1.807, 2.05) is 12.1 Å². The maximum Gasteiger partial charge on any atom is 0.139 e. The summed E-state index contributed by atoms with van der Waals surface area (Å²) in [6.07, 6.45) is 7.31. The van der Waals surface area contributed by atoms with Gasteiger partial charge < -0.3 is 4.74 Å². The zero-order valence-corrected chi connectivity index (χ0v) is 12.8. The molecule has 21 heavy (non-hydrogen) atoms. The van der Waals surface area contributed by atoms with Gasteiger partial charge in [0.15, 0.2) is 0 Å². The average molecular weight is 284 g/mol. The molecular formula is C19H24O2. The molecule has 3 aliphatic rings. The van der Waals surface area contributed by atoms with Crippen LogP contribution in [0.15, 0.2) is 24.3 Å². The van der Waals surface area contributed by atoms with Crippen molar-refractivity contribution in [1.82, 2.24) is 0 Å². The third-order valence-corrected chi connectivity index (χ3v) is 6.32. The number of ketones is 1. The molecule has 0 aromatic heterocycles. The second-order valence-corrected chi connectivity index (χ2v) is 7.24. The summed E-state index contributed by atoms with van der Waals surface area (Å²) in [5.74, 6) is 4.68. The number of aryl methyl sites for hydroxylation is 1. The van der Waals surface area contributed by atoms with Crippen LogP contribution in [0, 0.1) is 29.6 Å². The lowest BCUT2D eigenvalue weighted by Gasteiger charge is -2.22. The van der Waals surface area contributed by atoms with E-state index in [4.69, 9.17) is 4.74 Å². The second-order valence-electron chi connectivity index (χ2n) is 7.24. The largest absolute Gasteiger partial charge is 0.497 e. The van der Waals surface area contributed by atoms with Gasteiger partial charge in [0.25, 0.3) is 0 Å². The minimum absolute atomic E-state index is 0.338. The first-order valence-corrected chi connectivity index (χ1v) is 8.43. The van der Waals surface area contributed by atoms with Crippen molar-refractivity contribution in [2.45, 2.75) is 38.5 Å². The van der Waals surface area contributed by atoms with E-state index in [2.05, 4.69) is 12.1 Å². The number of carbonyl (C=O) groups is 1. The first-order chi connectivity index (χ1) is 10.3. The van der Waals surface area contributed by atoms with Crippen molar-refractivity contribution in [3.8, 4) is 5.75 Å². The van der Waals surface area contributed by atoms with Crippen LogP contribution >= 0.6 is 0 Å². The molecule has 0 N–H and O–H groups in total. The predicted octanol–water partition coefficient (Wildman–Crippen LogP) is 3.88. The molecule has 0 amide bonds. The van der Waals surface area contributed by atoms with Gasteiger partial charge in [-0.25, -0.2) is 0 Å².